The van der Waals surface area contributed by atoms with E-state index in [0.717, 1.165) is 64.7 Å². The Labute approximate surface area is 162 Å². The maximum Gasteiger partial charge on any atom is 0.238 e. The van der Waals surface area contributed by atoms with Gasteiger partial charge in [0, 0.05) is 26.2 Å². The lowest BCUT2D eigenvalue weighted by molar-refractivity contribution is -0.151. The molecule has 0 radical (unpaired) electrons. The van der Waals surface area contributed by atoms with E-state index in [-0.39, 0.29) is 11.8 Å². The predicted octanol–water partition coefficient (Wildman–Crippen LogP) is 3.51. The SMILES string of the molecule is CC1CCCN(C(=O)C2(C(=O)N3CCC(Cc4ccccc4)CC3)CC2)C1. The van der Waals surface area contributed by atoms with Gasteiger partial charge in [-0.1, -0.05) is 37.3 Å². The van der Waals surface area contributed by atoms with Gasteiger partial charge in [0.25, 0.3) is 0 Å². The highest BCUT2D eigenvalue weighted by Crippen LogP contribution is 2.49. The topological polar surface area (TPSA) is 40.6 Å². The van der Waals surface area contributed by atoms with Crippen LogP contribution in [0.5, 0.6) is 0 Å². The van der Waals surface area contributed by atoms with Crippen LogP contribution in [0, 0.1) is 17.3 Å². The zero-order valence-corrected chi connectivity index (χ0v) is 16.5. The summed E-state index contributed by atoms with van der Waals surface area (Å²) in [7, 11) is 0. The fraction of sp³-hybridized carbons (Fsp3) is 0.652. The Morgan fingerprint density at radius 1 is 0.963 bits per heavy atom. The number of rotatable bonds is 4. The van der Waals surface area contributed by atoms with Crippen LogP contribution in [-0.2, 0) is 16.0 Å². The van der Waals surface area contributed by atoms with Crippen LogP contribution in [0.2, 0.25) is 0 Å². The number of hydrogen-bond acceptors (Lipinski definition) is 2. The van der Waals surface area contributed by atoms with E-state index in [2.05, 4.69) is 37.3 Å². The van der Waals surface area contributed by atoms with Gasteiger partial charge >= 0.3 is 0 Å². The number of carbonyl (C=O) groups excluding carboxylic acids is 2. The first-order valence-corrected chi connectivity index (χ1v) is 10.7. The van der Waals surface area contributed by atoms with E-state index < -0.39 is 5.41 Å². The quantitative estimate of drug-likeness (QED) is 0.763. The average Bonchev–Trinajstić information content (AvgIpc) is 3.50. The van der Waals surface area contributed by atoms with E-state index in [1.165, 1.54) is 12.0 Å². The number of carbonyl (C=O) groups is 2. The molecule has 1 aliphatic carbocycles. The lowest BCUT2D eigenvalue weighted by Crippen LogP contribution is -2.51. The molecule has 0 N–H and O–H groups in total. The standard InChI is InChI=1S/C23H32N2O2/c1-18-6-5-13-25(17-18)22(27)23(11-12-23)21(26)24-14-9-20(10-15-24)16-19-7-3-2-4-8-19/h2-4,7-8,18,20H,5-6,9-17H2,1H3. The van der Waals surface area contributed by atoms with Gasteiger partial charge in [-0.3, -0.25) is 9.59 Å². The molecule has 1 aromatic carbocycles. The molecule has 3 fully saturated rings. The van der Waals surface area contributed by atoms with Crippen molar-refractivity contribution >= 4 is 11.8 Å². The van der Waals surface area contributed by atoms with Gasteiger partial charge in [-0.15, -0.1) is 0 Å². The van der Waals surface area contributed by atoms with Crippen LogP contribution in [0.3, 0.4) is 0 Å². The second-order valence-corrected chi connectivity index (χ2v) is 9.01. The van der Waals surface area contributed by atoms with E-state index in [9.17, 15) is 9.59 Å². The second-order valence-electron chi connectivity index (χ2n) is 9.01. The van der Waals surface area contributed by atoms with Gasteiger partial charge in [0.05, 0.1) is 0 Å². The molecule has 4 rings (SSSR count). The third-order valence-electron chi connectivity index (χ3n) is 6.78. The van der Waals surface area contributed by atoms with E-state index in [1.807, 2.05) is 9.80 Å². The van der Waals surface area contributed by atoms with Crippen molar-refractivity contribution in [2.24, 2.45) is 17.3 Å². The van der Waals surface area contributed by atoms with Gasteiger partial charge in [0.15, 0.2) is 0 Å². The number of nitrogens with zero attached hydrogens (tertiary/aromatic N) is 2. The summed E-state index contributed by atoms with van der Waals surface area (Å²) in [6.45, 7) is 5.48. The molecule has 1 saturated carbocycles. The summed E-state index contributed by atoms with van der Waals surface area (Å²) in [5.41, 5.74) is 0.680. The van der Waals surface area contributed by atoms with Crippen LogP contribution < -0.4 is 0 Å². The molecule has 1 unspecified atom stereocenters. The molecule has 146 valence electrons. The maximum atomic E-state index is 13.2. The average molecular weight is 369 g/mol. The van der Waals surface area contributed by atoms with Crippen LogP contribution >= 0.6 is 0 Å². The monoisotopic (exact) mass is 368 g/mol. The molecule has 1 atom stereocenters. The molecular formula is C23H32N2O2. The largest absolute Gasteiger partial charge is 0.342 e. The predicted molar refractivity (Wildman–Crippen MR) is 106 cm³/mol. The van der Waals surface area contributed by atoms with Crippen LogP contribution in [-0.4, -0.2) is 47.8 Å². The van der Waals surface area contributed by atoms with Gasteiger partial charge in [-0.2, -0.15) is 0 Å². The van der Waals surface area contributed by atoms with Crippen LogP contribution in [0.25, 0.3) is 0 Å². The highest BCUT2D eigenvalue weighted by molar-refractivity contribution is 6.07. The summed E-state index contributed by atoms with van der Waals surface area (Å²) in [5, 5.41) is 0. The van der Waals surface area contributed by atoms with Crippen LogP contribution in [0.4, 0.5) is 0 Å². The summed E-state index contributed by atoms with van der Waals surface area (Å²) in [4.78, 5) is 30.2. The molecule has 27 heavy (non-hydrogen) atoms. The Hall–Kier alpha value is -1.84. The van der Waals surface area contributed by atoms with Crippen molar-refractivity contribution in [3.63, 3.8) is 0 Å². The van der Waals surface area contributed by atoms with Crippen molar-refractivity contribution in [2.45, 2.75) is 51.9 Å². The van der Waals surface area contributed by atoms with Crippen molar-refractivity contribution in [2.75, 3.05) is 26.2 Å². The normalized spacial score (nSPS) is 25.3. The molecule has 4 nitrogen and oxygen atoms in total. The first-order valence-electron chi connectivity index (χ1n) is 10.7. The minimum Gasteiger partial charge on any atom is -0.342 e. The number of benzene rings is 1. The van der Waals surface area contributed by atoms with Crippen molar-refractivity contribution in [1.82, 2.24) is 9.80 Å². The van der Waals surface area contributed by atoms with Crippen molar-refractivity contribution in [3.05, 3.63) is 35.9 Å². The van der Waals surface area contributed by atoms with Gasteiger partial charge in [0.2, 0.25) is 11.8 Å². The lowest BCUT2D eigenvalue weighted by Gasteiger charge is -2.37. The Morgan fingerprint density at radius 3 is 2.26 bits per heavy atom. The summed E-state index contributed by atoms with van der Waals surface area (Å²) >= 11 is 0. The molecule has 2 saturated heterocycles. The Morgan fingerprint density at radius 2 is 1.63 bits per heavy atom. The van der Waals surface area contributed by atoms with Crippen molar-refractivity contribution < 1.29 is 9.59 Å². The minimum absolute atomic E-state index is 0.115. The van der Waals surface area contributed by atoms with Gasteiger partial charge < -0.3 is 9.80 Å². The van der Waals surface area contributed by atoms with Gasteiger partial charge in [0.1, 0.15) is 5.41 Å². The zero-order valence-electron chi connectivity index (χ0n) is 16.5. The smallest absolute Gasteiger partial charge is 0.238 e. The highest BCUT2D eigenvalue weighted by Gasteiger charge is 2.59. The molecule has 0 bridgehead atoms. The first-order chi connectivity index (χ1) is 13.1. The van der Waals surface area contributed by atoms with E-state index in [0.29, 0.717) is 11.8 Å². The summed E-state index contributed by atoms with van der Waals surface area (Å²) in [6.07, 6.45) is 6.95. The molecule has 0 aromatic heterocycles. The highest BCUT2D eigenvalue weighted by atomic mass is 16.2. The minimum atomic E-state index is -0.705. The Kier molecular flexibility index (Phi) is 5.25. The fourth-order valence-electron chi connectivity index (χ4n) is 4.91. The first kappa shape index (κ1) is 18.5. The van der Waals surface area contributed by atoms with E-state index >= 15 is 0 Å². The van der Waals surface area contributed by atoms with Crippen LogP contribution in [0.15, 0.2) is 30.3 Å². The molecule has 4 heteroatoms. The van der Waals surface area contributed by atoms with Crippen molar-refractivity contribution in [3.8, 4) is 0 Å². The van der Waals surface area contributed by atoms with E-state index in [4.69, 9.17) is 0 Å². The summed E-state index contributed by atoms with van der Waals surface area (Å²) < 4.78 is 0. The number of amides is 2. The zero-order chi connectivity index (χ0) is 18.9. The molecule has 2 amide bonds. The van der Waals surface area contributed by atoms with Crippen molar-refractivity contribution in [1.29, 1.82) is 0 Å². The molecule has 1 aromatic rings. The molecule has 3 aliphatic rings. The Balaban J connectivity index is 1.33. The molecule has 0 spiro atoms. The number of hydrogen-bond donors (Lipinski definition) is 0. The fourth-order valence-corrected chi connectivity index (χ4v) is 4.91. The van der Waals surface area contributed by atoms with Crippen LogP contribution in [0.1, 0.15) is 51.0 Å². The molecule has 2 aliphatic heterocycles. The third kappa shape index (κ3) is 3.90. The number of piperidine rings is 2. The molecule has 2 heterocycles. The third-order valence-corrected chi connectivity index (χ3v) is 6.78. The van der Waals surface area contributed by atoms with Gasteiger partial charge in [-0.05, 0) is 62.3 Å². The molecular weight excluding hydrogens is 336 g/mol. The second kappa shape index (κ2) is 7.65. The lowest BCUT2D eigenvalue weighted by atomic mass is 9.89. The summed E-state index contributed by atoms with van der Waals surface area (Å²) in [6, 6.07) is 10.6. The summed E-state index contributed by atoms with van der Waals surface area (Å²) in [5.74, 6) is 1.43. The number of likely N-dealkylation sites (tertiary alicyclic amines) is 2. The maximum absolute atomic E-state index is 13.2. The Bertz CT molecular complexity index is 675. The van der Waals surface area contributed by atoms with E-state index in [1.54, 1.807) is 0 Å². The van der Waals surface area contributed by atoms with Gasteiger partial charge in [-0.25, -0.2) is 0 Å².